The van der Waals surface area contributed by atoms with Crippen LogP contribution in [0.15, 0.2) is 24.4 Å². The average Bonchev–Trinajstić information content (AvgIpc) is 2.72. The number of ether oxygens (including phenoxy) is 1. The normalized spacial score (nSPS) is 21.4. The lowest BCUT2D eigenvalue weighted by molar-refractivity contribution is -0.120. The highest BCUT2D eigenvalue weighted by Gasteiger charge is 2.49. The van der Waals surface area contributed by atoms with Gasteiger partial charge in [0.2, 0.25) is 5.78 Å². The van der Waals surface area contributed by atoms with E-state index in [2.05, 4.69) is 4.98 Å². The van der Waals surface area contributed by atoms with Crippen LogP contribution in [0.4, 0.5) is 0 Å². The molecule has 1 aromatic heterocycles. The number of hydrogen-bond donors (Lipinski definition) is 2. The summed E-state index contributed by atoms with van der Waals surface area (Å²) in [7, 11) is 0. The number of aliphatic hydroxyl groups excluding tert-OH is 1. The maximum absolute atomic E-state index is 12.3. The van der Waals surface area contributed by atoms with E-state index in [9.17, 15) is 9.90 Å². The molecule has 0 unspecified atom stereocenters. The molecule has 5 heteroatoms. The van der Waals surface area contributed by atoms with Gasteiger partial charge in [0.1, 0.15) is 5.75 Å². The van der Waals surface area contributed by atoms with Crippen LogP contribution in [-0.4, -0.2) is 26.8 Å². The van der Waals surface area contributed by atoms with Crippen LogP contribution in [0.5, 0.6) is 5.75 Å². The summed E-state index contributed by atoms with van der Waals surface area (Å²) >= 11 is 0. The van der Waals surface area contributed by atoms with Gasteiger partial charge in [0, 0.05) is 17.5 Å². The Labute approximate surface area is 115 Å². The van der Waals surface area contributed by atoms with Gasteiger partial charge < -0.3 is 14.9 Å². The second-order valence-corrected chi connectivity index (χ2v) is 5.28. The summed E-state index contributed by atoms with van der Waals surface area (Å²) in [5, 5.41) is 21.0. The van der Waals surface area contributed by atoms with Crippen molar-refractivity contribution in [2.75, 3.05) is 0 Å². The van der Waals surface area contributed by atoms with Crippen molar-refractivity contribution in [3.63, 3.8) is 0 Å². The number of carbonyl (C=O) groups is 1. The molecule has 2 aromatic rings. The molecule has 2 N–H and O–H groups in total. The Morgan fingerprint density at radius 3 is 2.80 bits per heavy atom. The van der Waals surface area contributed by atoms with Crippen LogP contribution >= 0.6 is 0 Å². The summed E-state index contributed by atoms with van der Waals surface area (Å²) < 4.78 is 5.56. The summed E-state index contributed by atoms with van der Waals surface area (Å²) in [4.78, 5) is 16.4. The maximum Gasteiger partial charge on any atom is 0.275 e. The largest absolute Gasteiger partial charge is 0.453 e. The van der Waals surface area contributed by atoms with Gasteiger partial charge in [0.25, 0.3) is 5.79 Å². The van der Waals surface area contributed by atoms with Crippen LogP contribution in [0.3, 0.4) is 0 Å². The molecule has 0 fully saturated rings. The molecule has 1 atom stereocenters. The molecule has 0 bridgehead atoms. The third-order valence-corrected chi connectivity index (χ3v) is 3.68. The maximum atomic E-state index is 12.3. The number of aromatic nitrogens is 1. The minimum Gasteiger partial charge on any atom is -0.453 e. The Hall–Kier alpha value is -1.98. The van der Waals surface area contributed by atoms with E-state index in [1.165, 1.54) is 0 Å². The summed E-state index contributed by atoms with van der Waals surface area (Å²) in [6.07, 6.45) is 1.55. The van der Waals surface area contributed by atoms with Crippen molar-refractivity contribution in [1.29, 1.82) is 0 Å². The zero-order chi connectivity index (χ0) is 14.5. The lowest BCUT2D eigenvalue weighted by Crippen LogP contribution is -2.45. The predicted octanol–water partition coefficient (Wildman–Crippen LogP) is 1.65. The van der Waals surface area contributed by atoms with Crippen molar-refractivity contribution < 1.29 is 19.7 Å². The number of nitrogens with zero attached hydrogens (tertiary/aromatic N) is 1. The van der Waals surface area contributed by atoms with E-state index in [-0.39, 0.29) is 12.5 Å². The van der Waals surface area contributed by atoms with E-state index in [0.717, 1.165) is 5.39 Å². The van der Waals surface area contributed by atoms with E-state index in [1.807, 2.05) is 0 Å². The zero-order valence-corrected chi connectivity index (χ0v) is 11.3. The van der Waals surface area contributed by atoms with Gasteiger partial charge in [-0.05, 0) is 17.5 Å². The number of fused-ring (bicyclic) bond motifs is 3. The molecule has 20 heavy (non-hydrogen) atoms. The lowest BCUT2D eigenvalue weighted by atomic mass is 9.95. The van der Waals surface area contributed by atoms with Gasteiger partial charge in [-0.25, -0.2) is 0 Å². The third kappa shape index (κ3) is 1.63. The van der Waals surface area contributed by atoms with Crippen LogP contribution in [0.25, 0.3) is 10.8 Å². The Morgan fingerprint density at radius 2 is 2.15 bits per heavy atom. The molecule has 0 radical (unpaired) electrons. The fourth-order valence-electron chi connectivity index (χ4n) is 2.39. The highest BCUT2D eigenvalue weighted by molar-refractivity contribution is 6.11. The standard InChI is InChI=1S/C15H15NO4/c1-8(2)15(19)14(18)11-4-3-9-5-10(7-17)16-6-12(9)13(11)20-15/h3-6,8,17,19H,7H2,1-2H3/t15-/m1/s1. The minimum atomic E-state index is -1.81. The molecule has 3 rings (SSSR count). The van der Waals surface area contributed by atoms with Crippen molar-refractivity contribution in [1.82, 2.24) is 4.98 Å². The lowest BCUT2D eigenvalue weighted by Gasteiger charge is -2.24. The van der Waals surface area contributed by atoms with Gasteiger partial charge in [0.05, 0.1) is 17.9 Å². The molecule has 0 saturated heterocycles. The number of aliphatic hydroxyl groups is 2. The van der Waals surface area contributed by atoms with Crippen LogP contribution < -0.4 is 4.74 Å². The van der Waals surface area contributed by atoms with E-state index in [1.54, 1.807) is 38.2 Å². The molecule has 0 saturated carbocycles. The third-order valence-electron chi connectivity index (χ3n) is 3.68. The number of pyridine rings is 1. The summed E-state index contributed by atoms with van der Waals surface area (Å²) in [5.74, 6) is -2.23. The summed E-state index contributed by atoms with van der Waals surface area (Å²) in [6, 6.07) is 5.14. The Morgan fingerprint density at radius 1 is 1.40 bits per heavy atom. The van der Waals surface area contributed by atoms with Crippen molar-refractivity contribution >= 4 is 16.6 Å². The SMILES string of the molecule is CC(C)[C@@]1(O)Oc2c(ccc3cc(CO)ncc23)C1=O. The second-order valence-electron chi connectivity index (χ2n) is 5.28. The molecule has 5 nitrogen and oxygen atoms in total. The van der Waals surface area contributed by atoms with Gasteiger partial charge in [0.15, 0.2) is 0 Å². The van der Waals surface area contributed by atoms with Crippen LogP contribution in [-0.2, 0) is 6.61 Å². The van der Waals surface area contributed by atoms with Gasteiger partial charge in [-0.1, -0.05) is 19.9 Å². The average molecular weight is 273 g/mol. The highest BCUT2D eigenvalue weighted by atomic mass is 16.6. The number of hydrogen-bond acceptors (Lipinski definition) is 5. The van der Waals surface area contributed by atoms with Crippen LogP contribution in [0, 0.1) is 5.92 Å². The first kappa shape index (κ1) is 13.0. The molecule has 0 spiro atoms. The Bertz CT molecular complexity index is 710. The first-order chi connectivity index (χ1) is 9.47. The molecule has 2 heterocycles. The van der Waals surface area contributed by atoms with Crippen molar-refractivity contribution in [2.45, 2.75) is 26.2 Å². The predicted molar refractivity (Wildman–Crippen MR) is 72.4 cm³/mol. The van der Waals surface area contributed by atoms with Gasteiger partial charge in [-0.2, -0.15) is 0 Å². The molecule has 1 aliphatic heterocycles. The molecule has 1 aromatic carbocycles. The number of Topliss-reactive ketones (excluding diaryl/α,β-unsaturated/α-hetero) is 1. The van der Waals surface area contributed by atoms with E-state index in [4.69, 9.17) is 9.84 Å². The minimum absolute atomic E-state index is 0.150. The van der Waals surface area contributed by atoms with E-state index >= 15 is 0 Å². The van der Waals surface area contributed by atoms with Crippen LogP contribution in [0.2, 0.25) is 0 Å². The first-order valence-electron chi connectivity index (χ1n) is 6.46. The highest BCUT2D eigenvalue weighted by Crippen LogP contribution is 2.42. The number of rotatable bonds is 2. The van der Waals surface area contributed by atoms with Crippen molar-refractivity contribution in [2.24, 2.45) is 5.92 Å². The van der Waals surface area contributed by atoms with Crippen LogP contribution in [0.1, 0.15) is 29.9 Å². The number of benzene rings is 1. The quantitative estimate of drug-likeness (QED) is 0.869. The van der Waals surface area contributed by atoms with Gasteiger partial charge in [-0.3, -0.25) is 9.78 Å². The van der Waals surface area contributed by atoms with E-state index in [0.29, 0.717) is 22.4 Å². The Balaban J connectivity index is 2.21. The number of ketones is 1. The second kappa shape index (κ2) is 4.26. The molecular weight excluding hydrogens is 258 g/mol. The van der Waals surface area contributed by atoms with Gasteiger partial charge >= 0.3 is 0 Å². The van der Waals surface area contributed by atoms with Crippen molar-refractivity contribution in [3.8, 4) is 5.75 Å². The molecule has 104 valence electrons. The molecular formula is C15H15NO4. The zero-order valence-electron chi connectivity index (χ0n) is 11.3. The fraction of sp³-hybridized carbons (Fsp3) is 0.333. The molecule has 0 amide bonds. The van der Waals surface area contributed by atoms with Gasteiger partial charge in [-0.15, -0.1) is 0 Å². The molecule has 1 aliphatic rings. The molecule has 0 aliphatic carbocycles. The summed E-state index contributed by atoms with van der Waals surface area (Å²) in [6.45, 7) is 3.31. The fourth-order valence-corrected chi connectivity index (χ4v) is 2.39. The Kier molecular flexibility index (Phi) is 2.77. The summed E-state index contributed by atoms with van der Waals surface area (Å²) in [5.41, 5.74) is 0.910. The van der Waals surface area contributed by atoms with E-state index < -0.39 is 11.6 Å². The topological polar surface area (TPSA) is 79.7 Å². The first-order valence-corrected chi connectivity index (χ1v) is 6.46. The van der Waals surface area contributed by atoms with Crippen molar-refractivity contribution in [3.05, 3.63) is 35.7 Å². The smallest absolute Gasteiger partial charge is 0.275 e. The monoisotopic (exact) mass is 273 g/mol. The number of carbonyl (C=O) groups excluding carboxylic acids is 1.